The lowest BCUT2D eigenvalue weighted by atomic mass is 9.91. The molecule has 0 aliphatic heterocycles. The number of hydrogen-bond donors (Lipinski definition) is 3. The fourth-order valence-corrected chi connectivity index (χ4v) is 4.91. The summed E-state index contributed by atoms with van der Waals surface area (Å²) >= 11 is 0. The summed E-state index contributed by atoms with van der Waals surface area (Å²) in [6.07, 6.45) is 2.47. The highest BCUT2D eigenvalue weighted by Gasteiger charge is 2.23. The second kappa shape index (κ2) is 14.9. The number of rotatable bonds is 10. The van der Waals surface area contributed by atoms with Gasteiger partial charge in [0.1, 0.15) is 17.3 Å². The predicted octanol–water partition coefficient (Wildman–Crippen LogP) is 8.09. The fourth-order valence-electron chi connectivity index (χ4n) is 4.91. The van der Waals surface area contributed by atoms with Crippen LogP contribution < -0.4 is 10.1 Å². The van der Waals surface area contributed by atoms with Gasteiger partial charge in [0.15, 0.2) is 0 Å². The molecule has 238 valence electrons. The number of anilines is 1. The fraction of sp³-hybridized carbons (Fsp3) is 0.297. The monoisotopic (exact) mass is 613 g/mol. The Morgan fingerprint density at radius 3 is 2.18 bits per heavy atom. The first kappa shape index (κ1) is 34.8. The first-order valence-electron chi connectivity index (χ1n) is 15.0. The van der Waals surface area contributed by atoms with Crippen molar-refractivity contribution in [3.8, 4) is 11.5 Å². The molecule has 0 radical (unpaired) electrons. The zero-order valence-electron chi connectivity index (χ0n) is 27.6. The van der Waals surface area contributed by atoms with E-state index in [1.165, 1.54) is 17.0 Å². The van der Waals surface area contributed by atoms with Crippen molar-refractivity contribution >= 4 is 23.6 Å². The Morgan fingerprint density at radius 1 is 0.978 bits per heavy atom. The average Bonchev–Trinajstić information content (AvgIpc) is 3.34. The molecule has 4 aromatic rings. The van der Waals surface area contributed by atoms with Gasteiger partial charge in [-0.05, 0) is 101 Å². The van der Waals surface area contributed by atoms with Gasteiger partial charge in [0.05, 0.1) is 12.0 Å². The largest absolute Gasteiger partial charge is 0.456 e. The van der Waals surface area contributed by atoms with E-state index in [9.17, 15) is 19.1 Å². The number of nitrogens with zero attached hydrogens (tertiary/aromatic N) is 1. The van der Waals surface area contributed by atoms with E-state index in [1.54, 1.807) is 53.1 Å². The number of amides is 2. The summed E-state index contributed by atoms with van der Waals surface area (Å²) in [4.78, 5) is 29.3. The second-order valence-corrected chi connectivity index (χ2v) is 11.5. The van der Waals surface area contributed by atoms with E-state index in [4.69, 9.17) is 4.74 Å². The van der Waals surface area contributed by atoms with Gasteiger partial charge in [-0.3, -0.25) is 9.59 Å². The number of nitrogens with one attached hydrogen (secondary N) is 2. The summed E-state index contributed by atoms with van der Waals surface area (Å²) in [5, 5.41) is 13.8. The Hall–Kier alpha value is -4.69. The maximum atomic E-state index is 14.1. The normalized spacial score (nSPS) is 11.4. The minimum absolute atomic E-state index is 0.104. The van der Waals surface area contributed by atoms with Crippen molar-refractivity contribution in [2.75, 3.05) is 12.4 Å². The van der Waals surface area contributed by atoms with Crippen molar-refractivity contribution in [3.05, 3.63) is 117 Å². The number of aliphatic hydroxyl groups is 1. The molecule has 45 heavy (non-hydrogen) atoms. The highest BCUT2D eigenvalue weighted by molar-refractivity contribution is 5.92. The van der Waals surface area contributed by atoms with Crippen LogP contribution in [0.15, 0.2) is 66.9 Å². The molecule has 0 aliphatic carbocycles. The molecular weight excluding hydrogens is 569 g/mol. The van der Waals surface area contributed by atoms with Crippen LogP contribution in [-0.2, 0) is 21.6 Å². The molecule has 0 atom stereocenters. The quantitative estimate of drug-likeness (QED) is 0.158. The minimum atomic E-state index is -1.16. The molecule has 0 spiro atoms. The van der Waals surface area contributed by atoms with E-state index >= 15 is 0 Å². The molecule has 0 saturated carbocycles. The van der Waals surface area contributed by atoms with Gasteiger partial charge in [-0.2, -0.15) is 0 Å². The van der Waals surface area contributed by atoms with Gasteiger partial charge in [-0.1, -0.05) is 37.6 Å². The number of carbonyl (C=O) groups is 2. The predicted molar refractivity (Wildman–Crippen MR) is 179 cm³/mol. The molecule has 4 rings (SSSR count). The Morgan fingerprint density at radius 2 is 1.60 bits per heavy atom. The zero-order chi connectivity index (χ0) is 33.5. The molecule has 2 amide bonds. The lowest BCUT2D eigenvalue weighted by Crippen LogP contribution is -2.16. The molecule has 3 aromatic carbocycles. The molecule has 0 aliphatic rings. The van der Waals surface area contributed by atoms with Crippen LogP contribution in [0.4, 0.5) is 10.1 Å². The van der Waals surface area contributed by atoms with Crippen molar-refractivity contribution in [3.63, 3.8) is 0 Å². The highest BCUT2D eigenvalue weighted by atomic mass is 19.1. The number of benzene rings is 3. The number of hydrogen-bond acceptors (Lipinski definition) is 4. The number of aromatic amines is 1. The van der Waals surface area contributed by atoms with Crippen molar-refractivity contribution in [2.45, 2.75) is 67.4 Å². The summed E-state index contributed by atoms with van der Waals surface area (Å²) in [7, 11) is 1.62. The lowest BCUT2D eigenvalue weighted by Gasteiger charge is -2.23. The van der Waals surface area contributed by atoms with Crippen molar-refractivity contribution in [1.82, 2.24) is 9.88 Å². The molecule has 0 saturated heterocycles. The van der Waals surface area contributed by atoms with Crippen LogP contribution in [0, 0.1) is 33.5 Å². The van der Waals surface area contributed by atoms with E-state index in [0.29, 0.717) is 57.1 Å². The van der Waals surface area contributed by atoms with Crippen LogP contribution in [0.2, 0.25) is 0 Å². The summed E-state index contributed by atoms with van der Waals surface area (Å²) < 4.78 is 20.5. The average molecular weight is 614 g/mol. The number of H-pyrrole nitrogens is 1. The zero-order valence-corrected chi connectivity index (χ0v) is 27.6. The molecule has 7 nitrogen and oxygen atoms in total. The number of aromatic nitrogens is 1. The Kier molecular flexibility index (Phi) is 11.5. The molecule has 3 N–H and O–H groups in total. The number of halogens is 1. The van der Waals surface area contributed by atoms with Gasteiger partial charge in [0.2, 0.25) is 12.3 Å². The van der Waals surface area contributed by atoms with E-state index < -0.39 is 5.60 Å². The second-order valence-electron chi connectivity index (χ2n) is 11.5. The van der Waals surface area contributed by atoms with Crippen molar-refractivity contribution < 1.29 is 23.8 Å². The molecule has 1 aromatic heterocycles. The third-order valence-electron chi connectivity index (χ3n) is 7.16. The van der Waals surface area contributed by atoms with E-state index in [1.807, 2.05) is 64.1 Å². The van der Waals surface area contributed by atoms with E-state index in [-0.39, 0.29) is 18.1 Å². The van der Waals surface area contributed by atoms with Crippen molar-refractivity contribution in [2.24, 2.45) is 0 Å². The first-order valence-corrected chi connectivity index (χ1v) is 15.0. The lowest BCUT2D eigenvalue weighted by molar-refractivity contribution is -0.116. The van der Waals surface area contributed by atoms with Gasteiger partial charge < -0.3 is 25.0 Å². The van der Waals surface area contributed by atoms with Gasteiger partial charge >= 0.3 is 0 Å². The van der Waals surface area contributed by atoms with Gasteiger partial charge in [-0.25, -0.2) is 4.39 Å². The smallest absolute Gasteiger partial charge is 0.230 e. The molecule has 0 fully saturated rings. The van der Waals surface area contributed by atoms with Gasteiger partial charge in [0, 0.05) is 47.0 Å². The van der Waals surface area contributed by atoms with Crippen LogP contribution in [0.3, 0.4) is 0 Å². The number of carbonyl (C=O) groups excluding carboxylic acids is 2. The highest BCUT2D eigenvalue weighted by Crippen LogP contribution is 2.40. The Balaban J connectivity index is 0.00000271. The summed E-state index contributed by atoms with van der Waals surface area (Å²) in [5.41, 5.74) is 5.98. The third kappa shape index (κ3) is 8.92. The summed E-state index contributed by atoms with van der Waals surface area (Å²) in [6.45, 7) is 14.8. The SMILES string of the molecule is CC.Cc1ccc(NC(=O)Cc2cc(/C(=C\N(C)C=O)c3cc(C(C)(C)O)ccc3Oc3c(C)cc(F)cc3C)c(C)[nH]2)cc1. The number of ether oxygens (including phenoxy) is 1. The van der Waals surface area contributed by atoms with E-state index in [2.05, 4.69) is 10.3 Å². The van der Waals surface area contributed by atoms with Gasteiger partial charge in [-0.15, -0.1) is 0 Å². The maximum Gasteiger partial charge on any atom is 0.230 e. The topological polar surface area (TPSA) is 94.7 Å². The molecule has 0 bridgehead atoms. The van der Waals surface area contributed by atoms with E-state index in [0.717, 1.165) is 16.8 Å². The molecule has 1 heterocycles. The molecule has 0 unspecified atom stereocenters. The Bertz CT molecular complexity index is 1660. The van der Waals surface area contributed by atoms with Crippen LogP contribution >= 0.6 is 0 Å². The first-order chi connectivity index (χ1) is 21.2. The van der Waals surface area contributed by atoms with Crippen LogP contribution in [0.25, 0.3) is 5.57 Å². The van der Waals surface area contributed by atoms with Gasteiger partial charge in [0.25, 0.3) is 0 Å². The Labute approximate surface area is 265 Å². The molecule has 8 heteroatoms. The van der Waals surface area contributed by atoms with Crippen LogP contribution in [0.1, 0.15) is 72.5 Å². The molecular formula is C37H44FN3O4. The summed E-state index contributed by atoms with van der Waals surface area (Å²) in [6, 6.07) is 17.6. The third-order valence-corrected chi connectivity index (χ3v) is 7.16. The number of aryl methyl sites for hydroxylation is 4. The standard InChI is InChI=1S/C35H38FN3O4.C2H6/c1-21-8-11-27(12-9-21)38-33(41)18-28-17-29(24(4)37-28)31(19-39(7)20-40)30-16-25(35(5,6)42)10-13-32(30)43-34-22(2)14-26(36)15-23(34)3;1-2/h8-17,19-20,37,42H,18H2,1-7H3,(H,38,41);1-2H3/b31-19+;. The maximum absolute atomic E-state index is 14.1. The van der Waals surface area contributed by atoms with Crippen LogP contribution in [0.5, 0.6) is 11.5 Å². The minimum Gasteiger partial charge on any atom is -0.456 e. The summed E-state index contributed by atoms with van der Waals surface area (Å²) in [5.74, 6) is 0.439. The van der Waals surface area contributed by atoms with Crippen LogP contribution in [-0.4, -0.2) is 34.4 Å². The van der Waals surface area contributed by atoms with Crippen molar-refractivity contribution in [1.29, 1.82) is 0 Å².